The van der Waals surface area contributed by atoms with E-state index in [1.807, 2.05) is 0 Å². The van der Waals surface area contributed by atoms with Crippen molar-refractivity contribution in [1.29, 1.82) is 0 Å². The predicted molar refractivity (Wildman–Crippen MR) is 59.0 cm³/mol. The Bertz CT molecular complexity index is 292. The lowest BCUT2D eigenvalue weighted by atomic mass is 10.6. The minimum atomic E-state index is 0.259. The summed E-state index contributed by atoms with van der Waals surface area (Å²) in [5.74, 6) is 1.49. The molecule has 1 aromatic rings. The van der Waals surface area contributed by atoms with Crippen LogP contribution in [0.1, 0.15) is 6.42 Å². The average Bonchev–Trinajstić information content (AvgIpc) is 2.29. The van der Waals surface area contributed by atoms with Gasteiger partial charge in [0, 0.05) is 11.6 Å². The summed E-state index contributed by atoms with van der Waals surface area (Å²) >= 11 is 7.07. The molecule has 1 rings (SSSR count). The number of thioether (sulfide) groups is 1. The van der Waals surface area contributed by atoms with Crippen molar-refractivity contribution in [1.82, 2.24) is 15.0 Å². The van der Waals surface area contributed by atoms with Gasteiger partial charge in [-0.05, 0) is 6.42 Å². The number of halogens is 1. The number of rotatable bonds is 6. The summed E-state index contributed by atoms with van der Waals surface area (Å²) in [4.78, 5) is 12.0. The molecule has 7 heteroatoms. The topological polar surface area (TPSA) is 57.1 Å². The van der Waals surface area contributed by atoms with Crippen LogP contribution in [-0.4, -0.2) is 40.8 Å². The van der Waals surface area contributed by atoms with Crippen molar-refractivity contribution < 1.29 is 9.47 Å². The largest absolute Gasteiger partial charge is 0.467 e. The summed E-state index contributed by atoms with van der Waals surface area (Å²) in [6.45, 7) is 0. The third-order valence-corrected chi connectivity index (χ3v) is 2.65. The van der Waals surface area contributed by atoms with Crippen LogP contribution in [0.2, 0.25) is 0 Å². The molecule has 0 spiro atoms. The minimum absolute atomic E-state index is 0.259. The summed E-state index contributed by atoms with van der Waals surface area (Å²) in [7, 11) is 3.00. The molecule has 0 atom stereocenters. The zero-order chi connectivity index (χ0) is 11.1. The predicted octanol–water partition coefficient (Wildman–Crippen LogP) is 1.61. The summed E-state index contributed by atoms with van der Waals surface area (Å²) in [6, 6.07) is 0.519. The van der Waals surface area contributed by atoms with Gasteiger partial charge in [-0.15, -0.1) is 16.6 Å². The molecule has 1 heterocycles. The molecule has 5 nitrogen and oxygen atoms in total. The van der Waals surface area contributed by atoms with Gasteiger partial charge in [0.2, 0.25) is 0 Å². The maximum Gasteiger partial charge on any atom is 0.323 e. The summed E-state index contributed by atoms with van der Waals surface area (Å²) in [5.41, 5.74) is 0. The van der Waals surface area contributed by atoms with Crippen LogP contribution in [0.4, 0.5) is 0 Å². The van der Waals surface area contributed by atoms with Crippen molar-refractivity contribution in [3.05, 3.63) is 0 Å². The van der Waals surface area contributed by atoms with E-state index in [1.54, 1.807) is 0 Å². The van der Waals surface area contributed by atoms with E-state index in [1.165, 1.54) is 26.0 Å². The second-order valence-electron chi connectivity index (χ2n) is 2.48. The maximum absolute atomic E-state index is 5.57. The monoisotopic (exact) mass is 249 g/mol. The van der Waals surface area contributed by atoms with E-state index in [0.717, 1.165) is 12.2 Å². The molecule has 0 fully saturated rings. The van der Waals surface area contributed by atoms with E-state index in [9.17, 15) is 0 Å². The van der Waals surface area contributed by atoms with Gasteiger partial charge in [-0.25, -0.2) is 0 Å². The lowest BCUT2D eigenvalue weighted by Gasteiger charge is -2.03. The molecular formula is C8H12ClN3O2S. The molecule has 0 N–H and O–H groups in total. The highest BCUT2D eigenvalue weighted by Crippen LogP contribution is 2.18. The zero-order valence-corrected chi connectivity index (χ0v) is 10.1. The van der Waals surface area contributed by atoms with E-state index in [0.29, 0.717) is 11.0 Å². The number of nitrogens with zero attached hydrogens (tertiary/aromatic N) is 3. The summed E-state index contributed by atoms with van der Waals surface area (Å²) in [5, 5.41) is 0.587. The lowest BCUT2D eigenvalue weighted by molar-refractivity contribution is 0.332. The highest BCUT2D eigenvalue weighted by Gasteiger charge is 2.06. The number of ether oxygens (including phenoxy) is 2. The number of alkyl halides is 1. The highest BCUT2D eigenvalue weighted by atomic mass is 35.5. The Morgan fingerprint density at radius 3 is 2.20 bits per heavy atom. The van der Waals surface area contributed by atoms with Crippen LogP contribution >= 0.6 is 23.4 Å². The Hall–Kier alpha value is -0.750. The van der Waals surface area contributed by atoms with E-state index in [4.69, 9.17) is 21.1 Å². The van der Waals surface area contributed by atoms with Crippen LogP contribution < -0.4 is 9.47 Å². The van der Waals surface area contributed by atoms with Crippen molar-refractivity contribution in [2.24, 2.45) is 0 Å². The van der Waals surface area contributed by atoms with E-state index in [-0.39, 0.29) is 12.0 Å². The van der Waals surface area contributed by atoms with Crippen molar-refractivity contribution >= 4 is 23.4 Å². The van der Waals surface area contributed by atoms with Crippen LogP contribution in [0, 0.1) is 0 Å². The average molecular weight is 250 g/mol. The van der Waals surface area contributed by atoms with Gasteiger partial charge < -0.3 is 9.47 Å². The Morgan fingerprint density at radius 2 is 1.73 bits per heavy atom. The number of methoxy groups -OCH3 is 2. The third-order valence-electron chi connectivity index (χ3n) is 1.45. The van der Waals surface area contributed by atoms with Crippen LogP contribution in [0.25, 0.3) is 0 Å². The normalized spacial score (nSPS) is 10.1. The quantitative estimate of drug-likeness (QED) is 0.434. The van der Waals surface area contributed by atoms with Crippen molar-refractivity contribution in [2.75, 3.05) is 25.9 Å². The standard InChI is InChI=1S/C8H12ClN3O2S/c1-13-6-10-7(14-2)12-8(11-6)15-5-3-4-9/h3-5H2,1-2H3. The highest BCUT2D eigenvalue weighted by molar-refractivity contribution is 7.99. The second kappa shape index (κ2) is 6.68. The van der Waals surface area contributed by atoms with E-state index in [2.05, 4.69) is 15.0 Å². The molecule has 1 aromatic heterocycles. The molecule has 0 saturated carbocycles. The molecule has 0 aliphatic heterocycles. The molecule has 0 unspecified atom stereocenters. The Labute approximate surface area is 97.6 Å². The SMILES string of the molecule is COc1nc(OC)nc(SCCCCl)n1. The fourth-order valence-corrected chi connectivity index (χ4v) is 1.83. The van der Waals surface area contributed by atoms with Gasteiger partial charge in [-0.2, -0.15) is 9.97 Å². The molecule has 84 valence electrons. The first-order valence-electron chi connectivity index (χ1n) is 4.33. The van der Waals surface area contributed by atoms with Crippen LogP contribution in [0.3, 0.4) is 0 Å². The molecule has 0 radical (unpaired) electrons. The molecule has 0 aromatic carbocycles. The van der Waals surface area contributed by atoms with E-state index >= 15 is 0 Å². The molecule has 0 aliphatic carbocycles. The summed E-state index contributed by atoms with van der Waals surface area (Å²) < 4.78 is 9.84. The first-order valence-corrected chi connectivity index (χ1v) is 5.85. The van der Waals surface area contributed by atoms with Gasteiger partial charge in [0.15, 0.2) is 5.16 Å². The van der Waals surface area contributed by atoms with Gasteiger partial charge in [-0.1, -0.05) is 11.8 Å². The third kappa shape index (κ3) is 4.09. The smallest absolute Gasteiger partial charge is 0.323 e. The molecule has 15 heavy (non-hydrogen) atoms. The molecule has 0 saturated heterocycles. The Kier molecular flexibility index (Phi) is 5.49. The molecule has 0 aliphatic rings. The fraction of sp³-hybridized carbons (Fsp3) is 0.625. The van der Waals surface area contributed by atoms with Gasteiger partial charge in [0.05, 0.1) is 14.2 Å². The van der Waals surface area contributed by atoms with Crippen molar-refractivity contribution in [3.8, 4) is 12.0 Å². The molecule has 0 amide bonds. The maximum atomic E-state index is 5.57. The van der Waals surface area contributed by atoms with Crippen molar-refractivity contribution in [3.63, 3.8) is 0 Å². The van der Waals surface area contributed by atoms with Gasteiger partial charge in [-0.3, -0.25) is 0 Å². The van der Waals surface area contributed by atoms with Crippen LogP contribution in [0.15, 0.2) is 5.16 Å². The van der Waals surface area contributed by atoms with Crippen LogP contribution in [0.5, 0.6) is 12.0 Å². The molecular weight excluding hydrogens is 238 g/mol. The molecule has 0 bridgehead atoms. The first kappa shape index (κ1) is 12.3. The fourth-order valence-electron chi connectivity index (χ4n) is 0.786. The summed E-state index contributed by atoms with van der Waals surface area (Å²) in [6.07, 6.45) is 0.905. The van der Waals surface area contributed by atoms with Gasteiger partial charge in [0.25, 0.3) is 0 Å². The van der Waals surface area contributed by atoms with E-state index < -0.39 is 0 Å². The van der Waals surface area contributed by atoms with Crippen LogP contribution in [-0.2, 0) is 0 Å². The lowest BCUT2D eigenvalue weighted by Crippen LogP contribution is -2.00. The van der Waals surface area contributed by atoms with Crippen molar-refractivity contribution in [2.45, 2.75) is 11.6 Å². The zero-order valence-electron chi connectivity index (χ0n) is 8.57. The van der Waals surface area contributed by atoms with Gasteiger partial charge in [0.1, 0.15) is 0 Å². The number of aromatic nitrogens is 3. The Morgan fingerprint density at radius 1 is 1.13 bits per heavy atom. The Balaban J connectivity index is 2.68. The number of hydrogen-bond donors (Lipinski definition) is 0. The minimum Gasteiger partial charge on any atom is -0.467 e. The second-order valence-corrected chi connectivity index (χ2v) is 3.92. The first-order chi connectivity index (χ1) is 7.30. The van der Waals surface area contributed by atoms with Gasteiger partial charge >= 0.3 is 12.0 Å². The number of hydrogen-bond acceptors (Lipinski definition) is 6.